The van der Waals surface area contributed by atoms with E-state index in [-0.39, 0.29) is 0 Å². The van der Waals surface area contributed by atoms with Crippen LogP contribution >= 0.6 is 27.3 Å². The maximum absolute atomic E-state index is 4.23. The summed E-state index contributed by atoms with van der Waals surface area (Å²) in [5.74, 6) is 0. The van der Waals surface area contributed by atoms with Crippen LogP contribution in [-0.4, -0.2) is 9.78 Å². The van der Waals surface area contributed by atoms with Crippen LogP contribution in [0.2, 0.25) is 0 Å². The molecular weight excluding hydrogens is 322 g/mol. The second-order valence-corrected chi connectivity index (χ2v) is 6.40. The number of benzene rings is 1. The normalized spacial score (nSPS) is 10.6. The highest BCUT2D eigenvalue weighted by molar-refractivity contribution is 9.11. The zero-order valence-electron chi connectivity index (χ0n) is 10.1. The van der Waals surface area contributed by atoms with Gasteiger partial charge in [0.1, 0.15) is 0 Å². The van der Waals surface area contributed by atoms with Crippen molar-refractivity contribution in [2.75, 3.05) is 5.32 Å². The van der Waals surface area contributed by atoms with Gasteiger partial charge in [0.2, 0.25) is 0 Å². The minimum Gasteiger partial charge on any atom is -0.381 e. The van der Waals surface area contributed by atoms with Gasteiger partial charge in [-0.25, -0.2) is 4.68 Å². The molecule has 0 aliphatic rings. The third kappa shape index (κ3) is 3.05. The van der Waals surface area contributed by atoms with Crippen LogP contribution in [0.5, 0.6) is 0 Å². The Hall–Kier alpha value is -1.59. The summed E-state index contributed by atoms with van der Waals surface area (Å²) in [5, 5.41) is 9.80. The molecule has 0 radical (unpaired) electrons. The predicted octanol–water partition coefficient (Wildman–Crippen LogP) is 4.31. The molecule has 0 saturated carbocycles. The van der Waals surface area contributed by atoms with Crippen molar-refractivity contribution in [3.63, 3.8) is 0 Å². The van der Waals surface area contributed by atoms with E-state index in [1.54, 1.807) is 17.5 Å². The third-order valence-corrected chi connectivity index (χ3v) is 4.29. The van der Waals surface area contributed by atoms with Gasteiger partial charge in [-0.3, -0.25) is 0 Å². The van der Waals surface area contributed by atoms with Crippen molar-refractivity contribution in [1.82, 2.24) is 9.78 Å². The summed E-state index contributed by atoms with van der Waals surface area (Å²) in [6.45, 7) is 0.824. The first-order chi connectivity index (χ1) is 9.31. The first-order valence-electron chi connectivity index (χ1n) is 5.88. The summed E-state index contributed by atoms with van der Waals surface area (Å²) < 4.78 is 3.02. The molecule has 0 unspecified atom stereocenters. The average molecular weight is 334 g/mol. The maximum atomic E-state index is 4.23. The Morgan fingerprint density at radius 2 is 2.21 bits per heavy atom. The first kappa shape index (κ1) is 12.4. The molecule has 5 heteroatoms. The van der Waals surface area contributed by atoms with Crippen molar-refractivity contribution in [1.29, 1.82) is 0 Å². The lowest BCUT2D eigenvalue weighted by Crippen LogP contribution is -2.00. The quantitative estimate of drug-likeness (QED) is 0.771. The molecule has 1 aromatic carbocycles. The molecule has 19 heavy (non-hydrogen) atoms. The van der Waals surface area contributed by atoms with Crippen molar-refractivity contribution >= 4 is 33.0 Å². The fourth-order valence-corrected chi connectivity index (χ4v) is 3.03. The largest absolute Gasteiger partial charge is 0.381 e. The molecular formula is C14H12BrN3S. The highest BCUT2D eigenvalue weighted by Gasteiger charge is 2.00. The van der Waals surface area contributed by atoms with Gasteiger partial charge in [-0.2, -0.15) is 5.10 Å². The standard InChI is InChI=1S/C14H12BrN3S/c15-14-7-11(10-19-14)9-16-12-3-1-4-13(8-12)18-6-2-5-17-18/h1-8,10,16H,9H2. The molecule has 3 nitrogen and oxygen atoms in total. The van der Waals surface area contributed by atoms with E-state index >= 15 is 0 Å². The minimum atomic E-state index is 0.824. The Bertz CT molecular complexity index is 661. The molecule has 2 aromatic heterocycles. The van der Waals surface area contributed by atoms with Crippen LogP contribution in [0.15, 0.2) is 58.0 Å². The Morgan fingerprint density at radius 3 is 2.95 bits per heavy atom. The molecule has 0 spiro atoms. The number of nitrogens with zero attached hydrogens (tertiary/aromatic N) is 2. The SMILES string of the molecule is Brc1cc(CNc2cccc(-n3cccn3)c2)cs1. The van der Waals surface area contributed by atoms with E-state index in [0.717, 1.165) is 21.7 Å². The summed E-state index contributed by atoms with van der Waals surface area (Å²) in [6.07, 6.45) is 3.72. The molecule has 3 rings (SSSR count). The fourth-order valence-electron chi connectivity index (χ4n) is 1.82. The second-order valence-electron chi connectivity index (χ2n) is 4.11. The highest BCUT2D eigenvalue weighted by atomic mass is 79.9. The molecule has 0 bridgehead atoms. The van der Waals surface area contributed by atoms with Crippen molar-refractivity contribution in [2.45, 2.75) is 6.54 Å². The van der Waals surface area contributed by atoms with Gasteiger partial charge in [-0.05, 0) is 57.2 Å². The van der Waals surface area contributed by atoms with E-state index < -0.39 is 0 Å². The Labute approximate surface area is 124 Å². The van der Waals surface area contributed by atoms with Crippen LogP contribution < -0.4 is 5.32 Å². The average Bonchev–Trinajstić information content (AvgIpc) is 3.08. The molecule has 0 fully saturated rings. The molecule has 0 saturated heterocycles. The number of hydrogen-bond donors (Lipinski definition) is 1. The van der Waals surface area contributed by atoms with Crippen LogP contribution in [0.1, 0.15) is 5.56 Å². The summed E-state index contributed by atoms with van der Waals surface area (Å²) >= 11 is 5.18. The molecule has 96 valence electrons. The molecule has 0 atom stereocenters. The van der Waals surface area contributed by atoms with Crippen molar-refractivity contribution in [3.8, 4) is 5.69 Å². The number of anilines is 1. The van der Waals surface area contributed by atoms with Gasteiger partial charge < -0.3 is 5.32 Å². The van der Waals surface area contributed by atoms with Crippen LogP contribution in [0.25, 0.3) is 5.69 Å². The van der Waals surface area contributed by atoms with Gasteiger partial charge in [0.05, 0.1) is 9.47 Å². The third-order valence-electron chi connectivity index (χ3n) is 2.73. The van der Waals surface area contributed by atoms with E-state index in [1.165, 1.54) is 5.56 Å². The lowest BCUT2D eigenvalue weighted by atomic mass is 10.2. The van der Waals surface area contributed by atoms with Crippen molar-refractivity contribution < 1.29 is 0 Å². The zero-order valence-corrected chi connectivity index (χ0v) is 12.5. The summed E-state index contributed by atoms with van der Waals surface area (Å²) in [4.78, 5) is 0. The first-order valence-corrected chi connectivity index (χ1v) is 7.55. The summed E-state index contributed by atoms with van der Waals surface area (Å²) in [6, 6.07) is 12.3. The Morgan fingerprint density at radius 1 is 1.26 bits per heavy atom. The smallest absolute Gasteiger partial charge is 0.0701 e. The highest BCUT2D eigenvalue weighted by Crippen LogP contribution is 2.22. The van der Waals surface area contributed by atoms with Gasteiger partial charge in [0.25, 0.3) is 0 Å². The number of nitrogens with one attached hydrogen (secondary N) is 1. The van der Waals surface area contributed by atoms with Crippen LogP contribution in [0, 0.1) is 0 Å². The van der Waals surface area contributed by atoms with E-state index in [1.807, 2.05) is 29.1 Å². The Balaban J connectivity index is 1.73. The number of halogens is 1. The Kier molecular flexibility index (Phi) is 3.66. The number of rotatable bonds is 4. The molecule has 0 aliphatic carbocycles. The minimum absolute atomic E-state index is 0.824. The van der Waals surface area contributed by atoms with Gasteiger partial charge in [0.15, 0.2) is 0 Å². The van der Waals surface area contributed by atoms with Crippen LogP contribution in [-0.2, 0) is 6.54 Å². The lowest BCUT2D eigenvalue weighted by molar-refractivity contribution is 0.880. The van der Waals surface area contributed by atoms with Gasteiger partial charge in [-0.1, -0.05) is 6.07 Å². The monoisotopic (exact) mass is 333 g/mol. The molecule has 1 N–H and O–H groups in total. The summed E-state index contributed by atoms with van der Waals surface area (Å²) in [5.41, 5.74) is 3.43. The predicted molar refractivity (Wildman–Crippen MR) is 82.9 cm³/mol. The number of thiophene rings is 1. The van der Waals surface area contributed by atoms with Gasteiger partial charge in [0, 0.05) is 24.6 Å². The van der Waals surface area contributed by atoms with Crippen LogP contribution in [0.4, 0.5) is 5.69 Å². The second kappa shape index (κ2) is 5.59. The summed E-state index contributed by atoms with van der Waals surface area (Å²) in [7, 11) is 0. The van der Waals surface area contributed by atoms with E-state index in [4.69, 9.17) is 0 Å². The maximum Gasteiger partial charge on any atom is 0.0701 e. The molecule has 0 amide bonds. The van der Waals surface area contributed by atoms with E-state index in [0.29, 0.717) is 0 Å². The van der Waals surface area contributed by atoms with E-state index in [2.05, 4.69) is 49.9 Å². The fraction of sp³-hybridized carbons (Fsp3) is 0.0714. The lowest BCUT2D eigenvalue weighted by Gasteiger charge is -2.07. The molecule has 2 heterocycles. The molecule has 0 aliphatic heterocycles. The van der Waals surface area contributed by atoms with E-state index in [9.17, 15) is 0 Å². The number of aromatic nitrogens is 2. The zero-order chi connectivity index (χ0) is 13.1. The molecule has 3 aromatic rings. The number of hydrogen-bond acceptors (Lipinski definition) is 3. The topological polar surface area (TPSA) is 29.9 Å². The van der Waals surface area contributed by atoms with Crippen molar-refractivity contribution in [2.24, 2.45) is 0 Å². The van der Waals surface area contributed by atoms with Gasteiger partial charge >= 0.3 is 0 Å². The van der Waals surface area contributed by atoms with Crippen molar-refractivity contribution in [3.05, 3.63) is 63.5 Å². The van der Waals surface area contributed by atoms with Gasteiger partial charge in [-0.15, -0.1) is 11.3 Å². The van der Waals surface area contributed by atoms with Crippen LogP contribution in [0.3, 0.4) is 0 Å².